The summed E-state index contributed by atoms with van der Waals surface area (Å²) in [5, 5.41) is 12.0. The Morgan fingerprint density at radius 1 is 1.08 bits per heavy atom. The van der Waals surface area contributed by atoms with E-state index in [0.29, 0.717) is 67.4 Å². The zero-order chi connectivity index (χ0) is 36.6. The fraction of sp³-hybridized carbons (Fsp3) is 0.559. The molecule has 4 N–H and O–H groups in total. The average molecular weight is 769 g/mol. The van der Waals surface area contributed by atoms with E-state index in [4.69, 9.17) is 47.9 Å². The van der Waals surface area contributed by atoms with Crippen molar-refractivity contribution >= 4 is 39.3 Å². The monoisotopic (exact) mass is 767 g/mol. The van der Waals surface area contributed by atoms with E-state index in [1.807, 2.05) is 26.8 Å². The van der Waals surface area contributed by atoms with Gasteiger partial charge in [-0.1, -0.05) is 28.4 Å². The van der Waals surface area contributed by atoms with Gasteiger partial charge in [0.15, 0.2) is 0 Å². The predicted molar refractivity (Wildman–Crippen MR) is 192 cm³/mol. The zero-order valence-electron chi connectivity index (χ0n) is 29.1. The van der Waals surface area contributed by atoms with E-state index in [2.05, 4.69) is 25.3 Å². The average Bonchev–Trinajstić information content (AvgIpc) is 3.68. The molecule has 5 rings (SSSR count). The van der Waals surface area contributed by atoms with Gasteiger partial charge < -0.3 is 30.0 Å². The number of nitrogens with one attached hydrogen (secondary N) is 2. The molecular formula is C34H47Cl2N7O7S. The van der Waals surface area contributed by atoms with Crippen LogP contribution in [0, 0.1) is 0 Å². The number of ether oxygens (including phenoxy) is 4. The van der Waals surface area contributed by atoms with Crippen molar-refractivity contribution in [2.75, 3.05) is 46.1 Å². The van der Waals surface area contributed by atoms with Crippen LogP contribution in [0.25, 0.3) is 0 Å². The van der Waals surface area contributed by atoms with Crippen LogP contribution in [0.1, 0.15) is 56.5 Å². The Balaban J connectivity index is 1.13. The van der Waals surface area contributed by atoms with Crippen LogP contribution in [-0.4, -0.2) is 98.2 Å². The second-order valence-electron chi connectivity index (χ2n) is 13.5. The topological polar surface area (TPSA) is 172 Å². The number of fused-ring (bicyclic) bond motifs is 1. The Kier molecular flexibility index (Phi) is 13.6. The van der Waals surface area contributed by atoms with E-state index in [1.165, 1.54) is 12.1 Å². The van der Waals surface area contributed by atoms with Crippen LogP contribution in [0.3, 0.4) is 0 Å². The molecule has 17 heteroatoms. The minimum atomic E-state index is -3.78. The van der Waals surface area contributed by atoms with Gasteiger partial charge in [-0.05, 0) is 88.5 Å². The molecule has 1 aliphatic carbocycles. The number of carbonyl (C=O) groups is 1. The van der Waals surface area contributed by atoms with Crippen LogP contribution < -0.4 is 20.5 Å². The maximum atomic E-state index is 13.0. The Morgan fingerprint density at radius 2 is 1.82 bits per heavy atom. The van der Waals surface area contributed by atoms with Crippen LogP contribution in [0.5, 0.6) is 5.75 Å². The van der Waals surface area contributed by atoms with E-state index in [1.54, 1.807) is 29.1 Å². The number of nitrogens with two attached hydrogens (primary N) is 1. The van der Waals surface area contributed by atoms with Gasteiger partial charge in [-0.2, -0.15) is 0 Å². The highest BCUT2D eigenvalue weighted by Crippen LogP contribution is 2.43. The molecule has 3 aromatic rings. The molecule has 0 radical (unpaired) electrons. The highest BCUT2D eigenvalue weighted by Gasteiger charge is 2.41. The van der Waals surface area contributed by atoms with Crippen LogP contribution in [0.4, 0.5) is 4.79 Å². The fourth-order valence-electron chi connectivity index (χ4n) is 6.18. The summed E-state index contributed by atoms with van der Waals surface area (Å²) in [5.41, 5.74) is 7.50. The van der Waals surface area contributed by atoms with Crippen molar-refractivity contribution in [2.24, 2.45) is 5.73 Å². The summed E-state index contributed by atoms with van der Waals surface area (Å²) >= 11 is 13.1. The molecule has 1 fully saturated rings. The number of sulfonamides is 1. The van der Waals surface area contributed by atoms with E-state index >= 15 is 0 Å². The van der Waals surface area contributed by atoms with Crippen molar-refractivity contribution in [2.45, 2.75) is 81.8 Å². The lowest BCUT2D eigenvalue weighted by Gasteiger charge is -2.39. The third-order valence-electron chi connectivity index (χ3n) is 8.47. The van der Waals surface area contributed by atoms with Gasteiger partial charge in [0.25, 0.3) is 0 Å². The van der Waals surface area contributed by atoms with Crippen molar-refractivity contribution in [3.05, 3.63) is 69.5 Å². The first kappa shape index (κ1) is 39.2. The number of hydrogen-bond acceptors (Lipinski definition) is 11. The molecule has 1 aliphatic heterocycles. The number of hydrogen-bond donors (Lipinski definition) is 3. The quantitative estimate of drug-likeness (QED) is 0.179. The van der Waals surface area contributed by atoms with Gasteiger partial charge in [0.2, 0.25) is 10.0 Å². The molecule has 0 saturated carbocycles. The molecule has 3 atom stereocenters. The number of benzene rings is 2. The Morgan fingerprint density at radius 3 is 2.53 bits per heavy atom. The van der Waals surface area contributed by atoms with Crippen LogP contribution >= 0.6 is 23.2 Å². The fourth-order valence-corrected chi connectivity index (χ4v) is 7.77. The normalized spacial score (nSPS) is 19.5. The Bertz CT molecular complexity index is 1720. The van der Waals surface area contributed by atoms with Gasteiger partial charge in [-0.3, -0.25) is 4.90 Å². The second-order valence-corrected chi connectivity index (χ2v) is 16.1. The Labute approximate surface area is 309 Å². The van der Waals surface area contributed by atoms with Crippen molar-refractivity contribution in [3.63, 3.8) is 0 Å². The smallest absolute Gasteiger partial charge is 0.407 e. The van der Waals surface area contributed by atoms with Gasteiger partial charge >= 0.3 is 6.09 Å². The summed E-state index contributed by atoms with van der Waals surface area (Å²) in [6.45, 7) is 9.22. The summed E-state index contributed by atoms with van der Waals surface area (Å²) in [6.07, 6.45) is 3.26. The van der Waals surface area contributed by atoms with Gasteiger partial charge in [-0.25, -0.2) is 22.6 Å². The van der Waals surface area contributed by atoms with Crippen LogP contribution in [0.15, 0.2) is 47.5 Å². The number of amides is 1. The van der Waals surface area contributed by atoms with Crippen molar-refractivity contribution in [1.29, 1.82) is 0 Å². The molecule has 0 bridgehead atoms. The summed E-state index contributed by atoms with van der Waals surface area (Å²) in [6, 6.07) is 9.73. The van der Waals surface area contributed by atoms with E-state index in [-0.39, 0.29) is 30.1 Å². The van der Waals surface area contributed by atoms with Gasteiger partial charge in [0, 0.05) is 47.5 Å². The predicted octanol–water partition coefficient (Wildman–Crippen LogP) is 4.09. The first-order chi connectivity index (χ1) is 24.3. The SMILES string of the molecule is CC(C)(C)OC(=O)N[C@@H]1CCCN([C@H]2Cc3c(Cl)cc(Cl)cc3[C@@H]2Oc2ccc(S(=O)(=O)NCCOCCOCCn3cc(CN)nn3)cc2)C1. The lowest BCUT2D eigenvalue weighted by Crippen LogP contribution is -2.53. The van der Waals surface area contributed by atoms with Gasteiger partial charge in [0.1, 0.15) is 17.5 Å². The van der Waals surface area contributed by atoms with Crippen molar-refractivity contribution in [3.8, 4) is 5.75 Å². The molecule has 2 heterocycles. The van der Waals surface area contributed by atoms with Crippen molar-refractivity contribution in [1.82, 2.24) is 29.9 Å². The molecule has 0 spiro atoms. The number of nitrogens with zero attached hydrogens (tertiary/aromatic N) is 4. The molecule has 2 aromatic carbocycles. The summed E-state index contributed by atoms with van der Waals surface area (Å²) in [7, 11) is -3.78. The number of carbonyl (C=O) groups excluding carboxylic acids is 1. The number of alkyl carbamates (subject to hydrolysis) is 1. The van der Waals surface area contributed by atoms with Crippen molar-refractivity contribution < 1.29 is 32.2 Å². The van der Waals surface area contributed by atoms with E-state index < -0.39 is 27.8 Å². The minimum absolute atomic E-state index is 0.0883. The first-order valence-electron chi connectivity index (χ1n) is 17.0. The lowest BCUT2D eigenvalue weighted by atomic mass is 10.0. The lowest BCUT2D eigenvalue weighted by molar-refractivity contribution is 0.0362. The van der Waals surface area contributed by atoms with Gasteiger partial charge in [0.05, 0.1) is 49.6 Å². The minimum Gasteiger partial charge on any atom is -0.484 e. The number of likely N-dealkylation sites (tertiary alicyclic amines) is 1. The molecule has 280 valence electrons. The standard InChI is InChI=1S/C34H47Cl2N7O7S/c1-34(2,3)50-33(44)39-24-5-4-11-42(21-24)31-19-28-29(17-23(35)18-30(28)36)32(31)49-26-6-8-27(9-7-26)51(45,46)38-10-13-47-15-16-48-14-12-43-22-25(20-37)40-41-43/h6-9,17-18,22,24,31-32,38H,4-5,10-16,19-21,37H2,1-3H3,(H,39,44)/t24-,31+,32+/m1/s1. The highest BCUT2D eigenvalue weighted by atomic mass is 35.5. The summed E-state index contributed by atoms with van der Waals surface area (Å²) < 4.78 is 53.3. The molecular weight excluding hydrogens is 721 g/mol. The van der Waals surface area contributed by atoms with Crippen LogP contribution in [-0.2, 0) is 43.7 Å². The summed E-state index contributed by atoms with van der Waals surface area (Å²) in [5.74, 6) is 0.500. The number of aromatic nitrogens is 3. The maximum Gasteiger partial charge on any atom is 0.407 e. The van der Waals surface area contributed by atoms with Crippen LogP contribution in [0.2, 0.25) is 10.0 Å². The number of piperidine rings is 1. The van der Waals surface area contributed by atoms with E-state index in [9.17, 15) is 13.2 Å². The van der Waals surface area contributed by atoms with Gasteiger partial charge in [-0.15, -0.1) is 5.10 Å². The third-order valence-corrected chi connectivity index (χ3v) is 10.5. The largest absolute Gasteiger partial charge is 0.484 e. The molecule has 14 nitrogen and oxygen atoms in total. The number of rotatable bonds is 16. The molecule has 2 aliphatic rings. The molecule has 1 amide bonds. The van der Waals surface area contributed by atoms with E-state index in [0.717, 1.165) is 30.5 Å². The summed E-state index contributed by atoms with van der Waals surface area (Å²) in [4.78, 5) is 14.9. The highest BCUT2D eigenvalue weighted by molar-refractivity contribution is 7.89. The third kappa shape index (κ3) is 11.2. The maximum absolute atomic E-state index is 13.0. The molecule has 51 heavy (non-hydrogen) atoms. The Hall–Kier alpha value is -3.02. The zero-order valence-corrected chi connectivity index (χ0v) is 31.5. The number of halogens is 2. The second kappa shape index (κ2) is 17.7. The first-order valence-corrected chi connectivity index (χ1v) is 19.3. The molecule has 1 aromatic heterocycles. The molecule has 0 unspecified atom stereocenters. The molecule has 1 saturated heterocycles.